The highest BCUT2D eigenvalue weighted by molar-refractivity contribution is 5.57. The van der Waals surface area contributed by atoms with Gasteiger partial charge >= 0.3 is 0 Å². The predicted molar refractivity (Wildman–Crippen MR) is 63.9 cm³/mol. The topological polar surface area (TPSA) is 29.5 Å². The average Bonchev–Trinajstić information content (AvgIpc) is 2.38. The lowest BCUT2D eigenvalue weighted by Gasteiger charge is -2.30. The van der Waals surface area contributed by atoms with Gasteiger partial charge in [-0.2, -0.15) is 0 Å². The van der Waals surface area contributed by atoms with Crippen LogP contribution in [0.15, 0.2) is 24.3 Å². The molecule has 2 rings (SSSR count). The molecule has 1 saturated heterocycles. The first-order valence-electron chi connectivity index (χ1n) is 5.76. The smallest absolute Gasteiger partial charge is 0.120 e. The number of carbonyl (C=O) groups excluding carboxylic acids is 1. The van der Waals surface area contributed by atoms with Gasteiger partial charge in [-0.1, -0.05) is 18.2 Å². The maximum atomic E-state index is 10.4. The molecule has 0 N–H and O–H groups in total. The van der Waals surface area contributed by atoms with E-state index >= 15 is 0 Å². The third-order valence-electron chi connectivity index (χ3n) is 2.87. The number of hydrogen-bond acceptors (Lipinski definition) is 3. The molecule has 0 aliphatic carbocycles. The van der Waals surface area contributed by atoms with Gasteiger partial charge in [0.1, 0.15) is 6.29 Å². The number of morpholine rings is 1. The average molecular weight is 219 g/mol. The first-order valence-corrected chi connectivity index (χ1v) is 5.76. The number of ether oxygens (including phenoxy) is 1. The van der Waals surface area contributed by atoms with Crippen LogP contribution in [0.2, 0.25) is 0 Å². The molecule has 1 fully saturated rings. The summed E-state index contributed by atoms with van der Waals surface area (Å²) in [6.07, 6.45) is 2.41. The predicted octanol–water partition coefficient (Wildman–Crippen LogP) is 1.65. The maximum Gasteiger partial charge on any atom is 0.120 e. The van der Waals surface area contributed by atoms with Crippen molar-refractivity contribution in [1.29, 1.82) is 0 Å². The second-order valence-corrected chi connectivity index (χ2v) is 3.93. The number of hydrogen-bond donors (Lipinski definition) is 0. The second kappa shape index (κ2) is 5.66. The van der Waals surface area contributed by atoms with E-state index in [1.165, 1.54) is 11.3 Å². The summed E-state index contributed by atoms with van der Waals surface area (Å²) in [5.74, 6) is 0. The van der Waals surface area contributed by atoms with Gasteiger partial charge in [0.05, 0.1) is 13.2 Å². The molecule has 0 atom stereocenters. The van der Waals surface area contributed by atoms with Crippen LogP contribution in [0.1, 0.15) is 12.0 Å². The Morgan fingerprint density at radius 1 is 1.25 bits per heavy atom. The number of carbonyl (C=O) groups is 1. The quantitative estimate of drug-likeness (QED) is 0.721. The molecule has 3 nitrogen and oxygen atoms in total. The Morgan fingerprint density at radius 2 is 2.00 bits per heavy atom. The fourth-order valence-electron chi connectivity index (χ4n) is 2.05. The van der Waals surface area contributed by atoms with E-state index in [1.807, 2.05) is 6.07 Å². The molecule has 1 heterocycles. The van der Waals surface area contributed by atoms with Crippen molar-refractivity contribution in [3.05, 3.63) is 29.8 Å². The molecule has 1 aromatic rings. The van der Waals surface area contributed by atoms with Gasteiger partial charge in [0.25, 0.3) is 0 Å². The van der Waals surface area contributed by atoms with Crippen molar-refractivity contribution >= 4 is 12.0 Å². The third kappa shape index (κ3) is 2.61. The first-order chi connectivity index (χ1) is 7.92. The lowest BCUT2D eigenvalue weighted by Crippen LogP contribution is -2.36. The van der Waals surface area contributed by atoms with E-state index in [2.05, 4.69) is 23.1 Å². The van der Waals surface area contributed by atoms with E-state index in [4.69, 9.17) is 4.74 Å². The minimum atomic E-state index is 0.599. The highest BCUT2D eigenvalue weighted by atomic mass is 16.5. The minimum absolute atomic E-state index is 0.599. The Bertz CT molecular complexity index is 346. The molecule has 0 saturated carbocycles. The van der Waals surface area contributed by atoms with E-state index < -0.39 is 0 Å². The molecule has 86 valence electrons. The van der Waals surface area contributed by atoms with Gasteiger partial charge in [0.15, 0.2) is 0 Å². The van der Waals surface area contributed by atoms with E-state index in [1.54, 1.807) is 0 Å². The number of para-hydroxylation sites is 1. The Morgan fingerprint density at radius 3 is 2.75 bits per heavy atom. The molecule has 1 aromatic carbocycles. The Kier molecular flexibility index (Phi) is 3.94. The fraction of sp³-hybridized carbons (Fsp3) is 0.462. The van der Waals surface area contributed by atoms with Crippen LogP contribution in [0, 0.1) is 0 Å². The second-order valence-electron chi connectivity index (χ2n) is 3.93. The van der Waals surface area contributed by atoms with E-state index in [0.29, 0.717) is 6.42 Å². The van der Waals surface area contributed by atoms with Crippen molar-refractivity contribution in [3.63, 3.8) is 0 Å². The molecule has 1 aliphatic rings. The summed E-state index contributed by atoms with van der Waals surface area (Å²) in [5.41, 5.74) is 2.52. The summed E-state index contributed by atoms with van der Waals surface area (Å²) >= 11 is 0. The summed E-state index contributed by atoms with van der Waals surface area (Å²) in [6.45, 7) is 3.47. The van der Waals surface area contributed by atoms with Gasteiger partial charge in [-0.05, 0) is 18.1 Å². The molecular formula is C13H17NO2. The largest absolute Gasteiger partial charge is 0.378 e. The summed E-state index contributed by atoms with van der Waals surface area (Å²) in [4.78, 5) is 12.8. The van der Waals surface area contributed by atoms with Crippen LogP contribution in [0.5, 0.6) is 0 Å². The van der Waals surface area contributed by atoms with Crippen LogP contribution in [-0.4, -0.2) is 32.6 Å². The van der Waals surface area contributed by atoms with Gasteiger partial charge in [0.2, 0.25) is 0 Å². The monoisotopic (exact) mass is 219 g/mol. The van der Waals surface area contributed by atoms with Crippen LogP contribution >= 0.6 is 0 Å². The summed E-state index contributed by atoms with van der Waals surface area (Å²) in [7, 11) is 0. The van der Waals surface area contributed by atoms with Crippen LogP contribution in [0.4, 0.5) is 5.69 Å². The van der Waals surface area contributed by atoms with E-state index in [-0.39, 0.29) is 0 Å². The molecule has 0 amide bonds. The van der Waals surface area contributed by atoms with Crippen molar-refractivity contribution < 1.29 is 9.53 Å². The Balaban J connectivity index is 2.14. The van der Waals surface area contributed by atoms with Crippen molar-refractivity contribution in [2.24, 2.45) is 0 Å². The molecule has 0 radical (unpaired) electrons. The molecule has 0 unspecified atom stereocenters. The van der Waals surface area contributed by atoms with Gasteiger partial charge < -0.3 is 14.4 Å². The standard InChI is InChI=1S/C13H17NO2/c15-9-3-5-12-4-1-2-6-13(12)14-7-10-16-11-8-14/h1-2,4,6,9H,3,5,7-8,10-11H2. The SMILES string of the molecule is O=CCCc1ccccc1N1CCOCC1. The summed E-state index contributed by atoms with van der Waals surface area (Å²) in [6, 6.07) is 8.32. The molecule has 1 aliphatic heterocycles. The van der Waals surface area contributed by atoms with Crippen LogP contribution in [0.25, 0.3) is 0 Å². The first kappa shape index (κ1) is 11.1. The normalized spacial score (nSPS) is 16.1. The summed E-state index contributed by atoms with van der Waals surface area (Å²) in [5, 5.41) is 0. The van der Waals surface area contributed by atoms with Gasteiger partial charge in [-0.15, -0.1) is 0 Å². The van der Waals surface area contributed by atoms with E-state index in [0.717, 1.165) is 39.0 Å². The lowest BCUT2D eigenvalue weighted by atomic mass is 10.1. The molecule has 0 aromatic heterocycles. The summed E-state index contributed by atoms with van der Waals surface area (Å²) < 4.78 is 5.34. The molecular weight excluding hydrogens is 202 g/mol. The van der Waals surface area contributed by atoms with Gasteiger partial charge in [-0.25, -0.2) is 0 Å². The number of anilines is 1. The molecule has 0 bridgehead atoms. The van der Waals surface area contributed by atoms with Crippen LogP contribution in [-0.2, 0) is 16.0 Å². The van der Waals surface area contributed by atoms with Crippen molar-refractivity contribution in [3.8, 4) is 0 Å². The minimum Gasteiger partial charge on any atom is -0.378 e. The van der Waals surface area contributed by atoms with Crippen molar-refractivity contribution in [2.75, 3.05) is 31.2 Å². The van der Waals surface area contributed by atoms with Crippen molar-refractivity contribution in [2.45, 2.75) is 12.8 Å². The fourth-order valence-corrected chi connectivity index (χ4v) is 2.05. The molecule has 0 spiro atoms. The lowest BCUT2D eigenvalue weighted by molar-refractivity contribution is -0.107. The van der Waals surface area contributed by atoms with Gasteiger partial charge in [0, 0.05) is 25.2 Å². The number of nitrogens with zero attached hydrogens (tertiary/aromatic N) is 1. The Labute approximate surface area is 96.0 Å². The number of rotatable bonds is 4. The number of aryl methyl sites for hydroxylation is 1. The van der Waals surface area contributed by atoms with Crippen LogP contribution in [0.3, 0.4) is 0 Å². The number of benzene rings is 1. The Hall–Kier alpha value is -1.35. The zero-order chi connectivity index (χ0) is 11.2. The van der Waals surface area contributed by atoms with Crippen LogP contribution < -0.4 is 4.90 Å². The third-order valence-corrected chi connectivity index (χ3v) is 2.87. The van der Waals surface area contributed by atoms with Gasteiger partial charge in [-0.3, -0.25) is 0 Å². The van der Waals surface area contributed by atoms with E-state index in [9.17, 15) is 4.79 Å². The zero-order valence-corrected chi connectivity index (χ0v) is 9.39. The maximum absolute atomic E-state index is 10.4. The van der Waals surface area contributed by atoms with Crippen molar-refractivity contribution in [1.82, 2.24) is 0 Å². The highest BCUT2D eigenvalue weighted by Gasteiger charge is 2.13. The number of aldehydes is 1. The molecule has 16 heavy (non-hydrogen) atoms. The zero-order valence-electron chi connectivity index (χ0n) is 9.39. The molecule has 3 heteroatoms. The highest BCUT2D eigenvalue weighted by Crippen LogP contribution is 2.22.